The predicted octanol–water partition coefficient (Wildman–Crippen LogP) is 4.45. The Kier molecular flexibility index (Phi) is 3.35. The number of fused-ring (bicyclic) bond motifs is 1. The number of halogens is 2. The summed E-state index contributed by atoms with van der Waals surface area (Å²) in [6.45, 7) is 0. The molecule has 0 radical (unpaired) electrons. The number of hydrogen-bond donors (Lipinski definition) is 1. The van der Waals surface area contributed by atoms with Gasteiger partial charge in [-0.1, -0.05) is 35.9 Å². The Morgan fingerprint density at radius 1 is 1.00 bits per heavy atom. The van der Waals surface area contributed by atoms with Crippen molar-refractivity contribution >= 4 is 33.8 Å². The fourth-order valence-corrected chi connectivity index (χ4v) is 2.46. The zero-order valence-corrected chi connectivity index (χ0v) is 11.7. The first kappa shape index (κ1) is 13.6. The Bertz CT molecular complexity index is 861. The number of benzene rings is 3. The maximum atomic E-state index is 13.8. The monoisotopic (exact) mass is 299 g/mol. The molecule has 0 aliphatic rings. The smallest absolute Gasteiger partial charge is 0.193 e. The highest BCUT2D eigenvalue weighted by Crippen LogP contribution is 2.26. The molecule has 0 atom stereocenters. The number of nitrogen functional groups attached to an aromatic ring is 1. The number of carbonyl (C=O) groups is 1. The van der Waals surface area contributed by atoms with E-state index in [4.69, 9.17) is 17.3 Å². The number of hydrogen-bond acceptors (Lipinski definition) is 2. The van der Waals surface area contributed by atoms with E-state index in [1.54, 1.807) is 36.4 Å². The number of ketones is 1. The van der Waals surface area contributed by atoms with Gasteiger partial charge in [0, 0.05) is 16.5 Å². The fourth-order valence-electron chi connectivity index (χ4n) is 2.28. The van der Waals surface area contributed by atoms with Gasteiger partial charge in [0.05, 0.1) is 10.7 Å². The quantitative estimate of drug-likeness (QED) is 0.561. The average molecular weight is 300 g/mol. The van der Waals surface area contributed by atoms with E-state index >= 15 is 0 Å². The zero-order chi connectivity index (χ0) is 15.0. The molecule has 0 heterocycles. The van der Waals surface area contributed by atoms with Crippen molar-refractivity contribution in [2.24, 2.45) is 0 Å². The van der Waals surface area contributed by atoms with Crippen LogP contribution in [0.15, 0.2) is 54.6 Å². The minimum absolute atomic E-state index is 0.215. The Morgan fingerprint density at radius 3 is 2.43 bits per heavy atom. The number of carbonyl (C=O) groups excluding carboxylic acids is 1. The van der Waals surface area contributed by atoms with Crippen molar-refractivity contribution in [3.63, 3.8) is 0 Å². The van der Waals surface area contributed by atoms with Gasteiger partial charge in [0.2, 0.25) is 0 Å². The fraction of sp³-hybridized carbons (Fsp3) is 0. The predicted molar refractivity (Wildman–Crippen MR) is 83.2 cm³/mol. The summed E-state index contributed by atoms with van der Waals surface area (Å²) in [5, 5.41) is 1.33. The molecule has 3 aromatic carbocycles. The molecule has 4 heteroatoms. The standard InChI is InChI=1S/C17H11ClFNO/c18-14-9-10(5-8-16(14)20)17(21)13-6-7-15(19)12-4-2-1-3-11(12)13/h1-9H,20H2. The SMILES string of the molecule is Nc1ccc(C(=O)c2ccc(F)c3ccccc23)cc1Cl. The van der Waals surface area contributed by atoms with Crippen molar-refractivity contribution in [1.29, 1.82) is 0 Å². The van der Waals surface area contributed by atoms with Crippen LogP contribution >= 0.6 is 11.6 Å². The van der Waals surface area contributed by atoms with Gasteiger partial charge < -0.3 is 5.73 Å². The van der Waals surface area contributed by atoms with Crippen LogP contribution in [-0.4, -0.2) is 5.78 Å². The largest absolute Gasteiger partial charge is 0.398 e. The highest BCUT2D eigenvalue weighted by atomic mass is 35.5. The van der Waals surface area contributed by atoms with E-state index in [0.29, 0.717) is 32.6 Å². The van der Waals surface area contributed by atoms with Gasteiger partial charge in [-0.3, -0.25) is 4.79 Å². The van der Waals surface area contributed by atoms with Gasteiger partial charge in [-0.05, 0) is 35.7 Å². The van der Waals surface area contributed by atoms with Gasteiger partial charge in [0.25, 0.3) is 0 Å². The Hall–Kier alpha value is -2.39. The molecule has 2 nitrogen and oxygen atoms in total. The lowest BCUT2D eigenvalue weighted by Gasteiger charge is -2.08. The highest BCUT2D eigenvalue weighted by molar-refractivity contribution is 6.33. The summed E-state index contributed by atoms with van der Waals surface area (Å²) in [6, 6.07) is 14.4. The summed E-state index contributed by atoms with van der Waals surface area (Å²) in [4.78, 5) is 12.6. The van der Waals surface area contributed by atoms with Crippen molar-refractivity contribution in [3.8, 4) is 0 Å². The van der Waals surface area contributed by atoms with Gasteiger partial charge in [-0.2, -0.15) is 0 Å². The molecule has 0 aliphatic carbocycles. The summed E-state index contributed by atoms with van der Waals surface area (Å²) in [7, 11) is 0. The summed E-state index contributed by atoms with van der Waals surface area (Å²) in [5.41, 5.74) is 6.92. The molecule has 0 aromatic heterocycles. The molecule has 0 unspecified atom stereocenters. The summed E-state index contributed by atoms with van der Waals surface area (Å²) >= 11 is 5.95. The zero-order valence-electron chi connectivity index (χ0n) is 10.9. The van der Waals surface area contributed by atoms with Gasteiger partial charge in [0.15, 0.2) is 5.78 Å². The van der Waals surface area contributed by atoms with Crippen molar-refractivity contribution in [1.82, 2.24) is 0 Å². The Labute approximate surface area is 126 Å². The lowest BCUT2D eigenvalue weighted by atomic mass is 9.97. The van der Waals surface area contributed by atoms with Crippen LogP contribution in [0.25, 0.3) is 10.8 Å². The third-order valence-corrected chi connectivity index (χ3v) is 3.71. The molecule has 0 fully saturated rings. The van der Waals surface area contributed by atoms with Crippen molar-refractivity contribution in [2.45, 2.75) is 0 Å². The summed E-state index contributed by atoms with van der Waals surface area (Å²) in [6.07, 6.45) is 0. The molecule has 0 bridgehead atoms. The topological polar surface area (TPSA) is 43.1 Å². The molecule has 0 saturated heterocycles. The first-order chi connectivity index (χ1) is 10.1. The molecule has 0 saturated carbocycles. The van der Waals surface area contributed by atoms with Crippen molar-refractivity contribution < 1.29 is 9.18 Å². The van der Waals surface area contributed by atoms with Crippen molar-refractivity contribution in [3.05, 3.63) is 76.6 Å². The lowest BCUT2D eigenvalue weighted by molar-refractivity contribution is 0.104. The lowest BCUT2D eigenvalue weighted by Crippen LogP contribution is -2.03. The normalized spacial score (nSPS) is 10.8. The maximum absolute atomic E-state index is 13.8. The first-order valence-corrected chi connectivity index (χ1v) is 6.72. The second kappa shape index (κ2) is 5.19. The first-order valence-electron chi connectivity index (χ1n) is 6.35. The third-order valence-electron chi connectivity index (χ3n) is 3.38. The van der Waals surface area contributed by atoms with Gasteiger partial charge >= 0.3 is 0 Å². The van der Waals surface area contributed by atoms with Gasteiger partial charge in [-0.25, -0.2) is 4.39 Å². The summed E-state index contributed by atoms with van der Waals surface area (Å²) in [5.74, 6) is -0.564. The van der Waals surface area contributed by atoms with Crippen LogP contribution in [0.5, 0.6) is 0 Å². The van der Waals surface area contributed by atoms with Crippen LogP contribution in [0.2, 0.25) is 5.02 Å². The molecule has 0 amide bonds. The van der Waals surface area contributed by atoms with E-state index in [9.17, 15) is 9.18 Å². The molecule has 0 aliphatic heterocycles. The van der Waals surface area contributed by atoms with Crippen molar-refractivity contribution in [2.75, 3.05) is 5.73 Å². The van der Waals surface area contributed by atoms with Gasteiger partial charge in [0.1, 0.15) is 5.82 Å². The van der Waals surface area contributed by atoms with Gasteiger partial charge in [-0.15, -0.1) is 0 Å². The number of nitrogens with two attached hydrogens (primary N) is 1. The number of anilines is 1. The molecule has 21 heavy (non-hydrogen) atoms. The van der Waals surface area contributed by atoms with Crippen LogP contribution in [0, 0.1) is 5.82 Å². The van der Waals surface area contributed by atoms with Crippen LogP contribution in [0.3, 0.4) is 0 Å². The molecule has 2 N–H and O–H groups in total. The average Bonchev–Trinajstić information content (AvgIpc) is 2.50. The van der Waals surface area contributed by atoms with Crippen LogP contribution in [0.1, 0.15) is 15.9 Å². The third kappa shape index (κ3) is 2.36. The van der Waals surface area contributed by atoms with E-state index in [-0.39, 0.29) is 11.6 Å². The van der Waals surface area contributed by atoms with Crippen LogP contribution in [0.4, 0.5) is 10.1 Å². The molecular weight excluding hydrogens is 289 g/mol. The second-order valence-corrected chi connectivity index (χ2v) is 5.11. The highest BCUT2D eigenvalue weighted by Gasteiger charge is 2.15. The van der Waals surface area contributed by atoms with Crippen LogP contribution < -0.4 is 5.73 Å². The Morgan fingerprint density at radius 2 is 1.71 bits per heavy atom. The maximum Gasteiger partial charge on any atom is 0.193 e. The minimum Gasteiger partial charge on any atom is -0.398 e. The second-order valence-electron chi connectivity index (χ2n) is 4.71. The van der Waals surface area contributed by atoms with E-state index in [0.717, 1.165) is 0 Å². The number of rotatable bonds is 2. The molecular formula is C17H11ClFNO. The summed E-state index contributed by atoms with van der Waals surface area (Å²) < 4.78 is 13.8. The van der Waals surface area contributed by atoms with E-state index < -0.39 is 0 Å². The van der Waals surface area contributed by atoms with E-state index in [1.165, 1.54) is 18.2 Å². The molecule has 3 rings (SSSR count). The Balaban J connectivity index is 2.18. The molecule has 3 aromatic rings. The van der Waals surface area contributed by atoms with Crippen LogP contribution in [-0.2, 0) is 0 Å². The van der Waals surface area contributed by atoms with E-state index in [1.807, 2.05) is 0 Å². The molecule has 0 spiro atoms. The molecule has 104 valence electrons. The van der Waals surface area contributed by atoms with E-state index in [2.05, 4.69) is 0 Å². The minimum atomic E-state index is -0.350.